The van der Waals surface area contributed by atoms with Crippen molar-refractivity contribution in [1.82, 2.24) is 19.6 Å². The molecule has 0 saturated carbocycles. The van der Waals surface area contributed by atoms with Gasteiger partial charge in [0.1, 0.15) is 5.69 Å². The van der Waals surface area contributed by atoms with Crippen molar-refractivity contribution in [1.29, 1.82) is 0 Å². The van der Waals surface area contributed by atoms with E-state index >= 15 is 0 Å². The minimum atomic E-state index is 0.700. The lowest BCUT2D eigenvalue weighted by molar-refractivity contribution is 0.979. The Morgan fingerprint density at radius 3 is 1.80 bits per heavy atom. The van der Waals surface area contributed by atoms with Crippen LogP contribution in [0.1, 0.15) is 0 Å². The summed E-state index contributed by atoms with van der Waals surface area (Å²) >= 11 is 1.82. The largest absolute Gasteiger partial charge is 0.231 e. The maximum Gasteiger partial charge on any atom is 0.160 e. The quantitative estimate of drug-likeness (QED) is 0.171. The molecule has 0 N–H and O–H groups in total. The fraction of sp³-hybridized carbons (Fsp3) is 0. The van der Waals surface area contributed by atoms with Gasteiger partial charge in [0.25, 0.3) is 0 Å². The second kappa shape index (κ2) is 13.3. The molecule has 0 saturated heterocycles. The maximum atomic E-state index is 5.44. The van der Waals surface area contributed by atoms with E-state index in [0.717, 1.165) is 72.6 Å². The Morgan fingerprint density at radius 2 is 1.04 bits per heavy atom. The predicted molar refractivity (Wildman–Crippen MR) is 234 cm³/mol. The summed E-state index contributed by atoms with van der Waals surface area (Å²) in [5.41, 5.74) is 12.3. The van der Waals surface area contributed by atoms with Gasteiger partial charge in [-0.15, -0.1) is 11.3 Å². The Labute approximate surface area is 327 Å². The van der Waals surface area contributed by atoms with Crippen molar-refractivity contribution in [3.63, 3.8) is 0 Å². The minimum Gasteiger partial charge on any atom is -0.231 e. The smallest absolute Gasteiger partial charge is 0.160 e. The third-order valence-corrected chi connectivity index (χ3v) is 11.8. The van der Waals surface area contributed by atoms with Crippen LogP contribution in [0.5, 0.6) is 0 Å². The molecule has 0 atom stereocenters. The van der Waals surface area contributed by atoms with E-state index in [9.17, 15) is 0 Å². The van der Waals surface area contributed by atoms with Crippen molar-refractivity contribution in [3.8, 4) is 67.5 Å². The summed E-state index contributed by atoms with van der Waals surface area (Å²) in [5, 5.41) is 10.3. The Hall–Kier alpha value is -7.21. The number of hydrogen-bond acceptors (Lipinski definition) is 4. The first kappa shape index (κ1) is 32.2. The Bertz CT molecular complexity index is 3220. The summed E-state index contributed by atoms with van der Waals surface area (Å²) in [7, 11) is 0. The molecule has 0 aliphatic heterocycles. The fourth-order valence-corrected chi connectivity index (χ4v) is 9.15. The van der Waals surface area contributed by atoms with Crippen LogP contribution in [0.15, 0.2) is 194 Å². The fourth-order valence-electron chi connectivity index (χ4n) is 8.02. The van der Waals surface area contributed by atoms with E-state index in [4.69, 9.17) is 15.1 Å². The van der Waals surface area contributed by atoms with Crippen molar-refractivity contribution in [2.24, 2.45) is 0 Å². The van der Waals surface area contributed by atoms with Crippen molar-refractivity contribution in [3.05, 3.63) is 194 Å². The number of thiophene rings is 1. The first-order valence-electron chi connectivity index (χ1n) is 18.8. The standard InChI is InChI=1S/C51H32N4S/c1-4-15-34(16-5-1)44-31-38-21-10-11-22-39(38)50-47(35-17-6-2-7-18-35)49(54-55(44)50)36-29-27-33(28-30-36)42-32-43(53-51(52-42)37-19-8-3-9-20-37)40-24-14-26-46-48(40)41-23-12-13-25-45(41)56-46/h1-32H. The van der Waals surface area contributed by atoms with Crippen LogP contribution in [0.4, 0.5) is 0 Å². The van der Waals surface area contributed by atoms with E-state index in [-0.39, 0.29) is 0 Å². The highest BCUT2D eigenvalue weighted by Gasteiger charge is 2.22. The van der Waals surface area contributed by atoms with E-state index in [0.29, 0.717) is 5.82 Å². The number of aromatic nitrogens is 4. The summed E-state index contributed by atoms with van der Waals surface area (Å²) in [6, 6.07) is 68.3. The first-order chi connectivity index (χ1) is 27.8. The topological polar surface area (TPSA) is 43.1 Å². The molecule has 5 heteroatoms. The molecule has 4 aromatic heterocycles. The van der Waals surface area contributed by atoms with Gasteiger partial charge in [0, 0.05) is 58.9 Å². The van der Waals surface area contributed by atoms with Gasteiger partial charge in [-0.1, -0.05) is 170 Å². The van der Waals surface area contributed by atoms with Gasteiger partial charge in [-0.05, 0) is 35.2 Å². The second-order valence-corrected chi connectivity index (χ2v) is 15.1. The monoisotopic (exact) mass is 732 g/mol. The van der Waals surface area contributed by atoms with Crippen LogP contribution < -0.4 is 0 Å². The van der Waals surface area contributed by atoms with E-state index in [1.54, 1.807) is 0 Å². The van der Waals surface area contributed by atoms with Crippen LogP contribution in [0.3, 0.4) is 0 Å². The molecule has 0 aliphatic rings. The normalized spacial score (nSPS) is 11.6. The molecule has 0 fully saturated rings. The summed E-state index contributed by atoms with van der Waals surface area (Å²) in [4.78, 5) is 10.4. The van der Waals surface area contributed by atoms with Gasteiger partial charge in [0.05, 0.1) is 22.6 Å². The van der Waals surface area contributed by atoms with E-state index in [2.05, 4.69) is 180 Å². The van der Waals surface area contributed by atoms with Gasteiger partial charge >= 0.3 is 0 Å². The van der Waals surface area contributed by atoms with Crippen LogP contribution in [-0.2, 0) is 0 Å². The number of fused-ring (bicyclic) bond motifs is 6. The second-order valence-electron chi connectivity index (χ2n) is 14.0. The minimum absolute atomic E-state index is 0.700. The highest BCUT2D eigenvalue weighted by Crippen LogP contribution is 2.43. The zero-order chi connectivity index (χ0) is 37.0. The lowest BCUT2D eigenvalue weighted by Crippen LogP contribution is -1.96. The lowest BCUT2D eigenvalue weighted by Gasteiger charge is -2.11. The molecule has 0 amide bonds. The molecular weight excluding hydrogens is 701 g/mol. The Kier molecular flexibility index (Phi) is 7.64. The molecule has 4 nitrogen and oxygen atoms in total. The summed E-state index contributed by atoms with van der Waals surface area (Å²) in [6.07, 6.45) is 0. The van der Waals surface area contributed by atoms with Crippen molar-refractivity contribution in [2.75, 3.05) is 0 Å². The molecule has 56 heavy (non-hydrogen) atoms. The average molecular weight is 733 g/mol. The van der Waals surface area contributed by atoms with Crippen LogP contribution in [-0.4, -0.2) is 19.6 Å². The number of nitrogens with zero attached hydrogens (tertiary/aromatic N) is 4. The molecule has 0 aliphatic carbocycles. The maximum absolute atomic E-state index is 5.44. The zero-order valence-corrected chi connectivity index (χ0v) is 31.0. The number of pyridine rings is 1. The van der Waals surface area contributed by atoms with Crippen molar-refractivity contribution >= 4 is 47.8 Å². The lowest BCUT2D eigenvalue weighted by atomic mass is 9.96. The summed E-state index contributed by atoms with van der Waals surface area (Å²) in [6.45, 7) is 0. The highest BCUT2D eigenvalue weighted by molar-refractivity contribution is 7.25. The van der Waals surface area contributed by atoms with Crippen molar-refractivity contribution < 1.29 is 0 Å². The van der Waals surface area contributed by atoms with Gasteiger partial charge in [0.2, 0.25) is 0 Å². The molecular formula is C51H32N4S. The predicted octanol–water partition coefficient (Wildman–Crippen LogP) is 13.6. The average Bonchev–Trinajstić information content (AvgIpc) is 3.87. The molecule has 262 valence electrons. The summed E-state index contributed by atoms with van der Waals surface area (Å²) < 4.78 is 4.66. The zero-order valence-electron chi connectivity index (χ0n) is 30.2. The third-order valence-electron chi connectivity index (χ3n) is 10.6. The number of hydrogen-bond donors (Lipinski definition) is 0. The van der Waals surface area contributed by atoms with Gasteiger partial charge < -0.3 is 0 Å². The van der Waals surface area contributed by atoms with Gasteiger partial charge in [-0.25, -0.2) is 14.5 Å². The van der Waals surface area contributed by atoms with Crippen molar-refractivity contribution in [2.45, 2.75) is 0 Å². The first-order valence-corrected chi connectivity index (χ1v) is 19.6. The third kappa shape index (κ3) is 5.40. The molecule has 0 spiro atoms. The summed E-state index contributed by atoms with van der Waals surface area (Å²) in [5.74, 6) is 0.700. The molecule has 11 aromatic rings. The van der Waals surface area contributed by atoms with Gasteiger partial charge in [0.15, 0.2) is 5.82 Å². The van der Waals surface area contributed by atoms with E-state index < -0.39 is 0 Å². The molecule has 0 unspecified atom stereocenters. The Balaban J connectivity index is 1.11. The molecule has 7 aromatic carbocycles. The Morgan fingerprint density at radius 1 is 0.429 bits per heavy atom. The van der Waals surface area contributed by atoms with E-state index in [1.807, 2.05) is 29.5 Å². The SMILES string of the molecule is c1ccc(-c2nc(-c3ccc(-c4nn5c(-c6ccccc6)cc6ccccc6c5c4-c4ccccc4)cc3)cc(-c3cccc4sc5ccccc5c34)n2)cc1. The van der Waals surface area contributed by atoms with Gasteiger partial charge in [-0.3, -0.25) is 0 Å². The molecule has 4 heterocycles. The molecule has 11 rings (SSSR count). The van der Waals surface area contributed by atoms with Crippen LogP contribution >= 0.6 is 11.3 Å². The van der Waals surface area contributed by atoms with E-state index in [1.165, 1.54) is 25.6 Å². The highest BCUT2D eigenvalue weighted by atomic mass is 32.1. The van der Waals surface area contributed by atoms with Crippen LogP contribution in [0, 0.1) is 0 Å². The van der Waals surface area contributed by atoms with Crippen LogP contribution in [0.25, 0.3) is 104 Å². The van der Waals surface area contributed by atoms with Crippen LogP contribution in [0.2, 0.25) is 0 Å². The molecule has 0 bridgehead atoms. The number of benzene rings is 7. The van der Waals surface area contributed by atoms with Gasteiger partial charge in [-0.2, -0.15) is 5.10 Å². The molecule has 0 radical (unpaired) electrons. The number of rotatable bonds is 6.